The number of sulfonamides is 1. The Bertz CT molecular complexity index is 247. The van der Waals surface area contributed by atoms with Crippen molar-refractivity contribution in [1.29, 1.82) is 0 Å². The minimum Gasteiger partial charge on any atom is -0.315 e. The molecule has 0 unspecified atom stereocenters. The molecule has 0 spiro atoms. The molecule has 0 rings (SSSR count). The van der Waals surface area contributed by atoms with Crippen molar-refractivity contribution in [3.8, 4) is 0 Å². The third-order valence-electron chi connectivity index (χ3n) is 1.39. The van der Waals surface area contributed by atoms with E-state index in [4.69, 9.17) is 0 Å². The van der Waals surface area contributed by atoms with Gasteiger partial charge in [-0.3, -0.25) is 0 Å². The van der Waals surface area contributed by atoms with Gasteiger partial charge in [0.25, 0.3) is 0 Å². The van der Waals surface area contributed by atoms with Gasteiger partial charge in [-0.05, 0) is 19.9 Å². The molecule has 0 radical (unpaired) electrons. The third-order valence-corrected chi connectivity index (χ3v) is 2.12. The van der Waals surface area contributed by atoms with Crippen LogP contribution in [0.1, 0.15) is 13.3 Å². The first-order valence-corrected chi connectivity index (χ1v) is 6.10. The van der Waals surface area contributed by atoms with Gasteiger partial charge < -0.3 is 5.32 Å². The Labute approximate surface area is 80.5 Å². The molecule has 5 heteroatoms. The molecule has 0 aromatic rings. The molecule has 0 amide bonds. The first kappa shape index (κ1) is 12.6. The third kappa shape index (κ3) is 11.6. The molecule has 0 aromatic carbocycles. The number of rotatable bonds is 7. The molecular formula is C8H18N2O2S. The molecule has 2 N–H and O–H groups in total. The SMILES string of the molecule is C=C(C)CCNCCNS(C)(=O)=O. The minimum absolute atomic E-state index is 0.440. The van der Waals surface area contributed by atoms with Gasteiger partial charge in [-0.1, -0.05) is 5.57 Å². The Morgan fingerprint density at radius 2 is 1.92 bits per heavy atom. The van der Waals surface area contributed by atoms with Gasteiger partial charge in [-0.2, -0.15) is 0 Å². The van der Waals surface area contributed by atoms with Crippen molar-refractivity contribution in [2.24, 2.45) is 0 Å². The summed E-state index contributed by atoms with van der Waals surface area (Å²) in [7, 11) is -3.04. The van der Waals surface area contributed by atoms with Gasteiger partial charge in [-0.15, -0.1) is 6.58 Å². The van der Waals surface area contributed by atoms with Crippen LogP contribution in [-0.2, 0) is 10.0 Å². The molecule has 0 fully saturated rings. The fourth-order valence-electron chi connectivity index (χ4n) is 0.752. The van der Waals surface area contributed by atoms with Gasteiger partial charge in [0.1, 0.15) is 0 Å². The molecule has 0 aliphatic rings. The Morgan fingerprint density at radius 1 is 1.31 bits per heavy atom. The van der Waals surface area contributed by atoms with E-state index in [1.165, 1.54) is 0 Å². The van der Waals surface area contributed by atoms with Gasteiger partial charge >= 0.3 is 0 Å². The fraction of sp³-hybridized carbons (Fsp3) is 0.750. The largest absolute Gasteiger partial charge is 0.315 e. The van der Waals surface area contributed by atoms with Crippen molar-refractivity contribution in [3.05, 3.63) is 12.2 Å². The van der Waals surface area contributed by atoms with Gasteiger partial charge in [0.05, 0.1) is 6.26 Å². The van der Waals surface area contributed by atoms with Gasteiger partial charge in [0.2, 0.25) is 10.0 Å². The van der Waals surface area contributed by atoms with Crippen LogP contribution < -0.4 is 10.0 Å². The maximum absolute atomic E-state index is 10.6. The van der Waals surface area contributed by atoms with E-state index in [1.807, 2.05) is 6.92 Å². The van der Waals surface area contributed by atoms with Crippen LogP contribution >= 0.6 is 0 Å². The molecule has 78 valence electrons. The summed E-state index contributed by atoms with van der Waals surface area (Å²) in [6, 6.07) is 0. The lowest BCUT2D eigenvalue weighted by Gasteiger charge is -2.04. The van der Waals surface area contributed by atoms with E-state index in [2.05, 4.69) is 16.6 Å². The van der Waals surface area contributed by atoms with E-state index in [9.17, 15) is 8.42 Å². The average molecular weight is 206 g/mol. The highest BCUT2D eigenvalue weighted by molar-refractivity contribution is 7.88. The zero-order valence-electron chi connectivity index (χ0n) is 8.26. The summed E-state index contributed by atoms with van der Waals surface area (Å²) < 4.78 is 23.6. The second kappa shape index (κ2) is 6.12. The lowest BCUT2D eigenvalue weighted by Crippen LogP contribution is -2.31. The molecule has 0 aromatic heterocycles. The summed E-state index contributed by atoms with van der Waals surface area (Å²) >= 11 is 0. The monoisotopic (exact) mass is 206 g/mol. The molecular weight excluding hydrogens is 188 g/mol. The zero-order valence-corrected chi connectivity index (χ0v) is 9.08. The number of hydrogen-bond donors (Lipinski definition) is 2. The van der Waals surface area contributed by atoms with Crippen LogP contribution in [0.3, 0.4) is 0 Å². The van der Waals surface area contributed by atoms with Crippen molar-refractivity contribution in [2.75, 3.05) is 25.9 Å². The van der Waals surface area contributed by atoms with Crippen LogP contribution in [0.2, 0.25) is 0 Å². The predicted molar refractivity (Wildman–Crippen MR) is 55.1 cm³/mol. The van der Waals surface area contributed by atoms with Crippen LogP contribution in [0.15, 0.2) is 12.2 Å². The van der Waals surface area contributed by atoms with E-state index in [1.54, 1.807) is 0 Å². The molecule has 0 saturated heterocycles. The Morgan fingerprint density at radius 3 is 2.38 bits per heavy atom. The molecule has 0 heterocycles. The highest BCUT2D eigenvalue weighted by Gasteiger charge is 1.97. The van der Waals surface area contributed by atoms with Crippen molar-refractivity contribution in [2.45, 2.75) is 13.3 Å². The normalized spacial score (nSPS) is 11.5. The molecule has 0 aliphatic heterocycles. The van der Waals surface area contributed by atoms with Crippen molar-refractivity contribution < 1.29 is 8.42 Å². The van der Waals surface area contributed by atoms with E-state index in [0.29, 0.717) is 13.1 Å². The summed E-state index contributed by atoms with van der Waals surface area (Å²) in [5.41, 5.74) is 1.13. The van der Waals surface area contributed by atoms with Gasteiger partial charge in [0, 0.05) is 13.1 Å². The molecule has 0 aliphatic carbocycles. The summed E-state index contributed by atoms with van der Waals surface area (Å²) in [6.07, 6.45) is 2.08. The lowest BCUT2D eigenvalue weighted by atomic mass is 10.2. The maximum Gasteiger partial charge on any atom is 0.208 e. The highest BCUT2D eigenvalue weighted by Crippen LogP contribution is 1.90. The van der Waals surface area contributed by atoms with Gasteiger partial charge in [-0.25, -0.2) is 13.1 Å². The van der Waals surface area contributed by atoms with Gasteiger partial charge in [0.15, 0.2) is 0 Å². The molecule has 4 nitrogen and oxygen atoms in total. The molecule has 0 saturated carbocycles. The Hall–Kier alpha value is -0.390. The van der Waals surface area contributed by atoms with Crippen molar-refractivity contribution >= 4 is 10.0 Å². The predicted octanol–water partition coefficient (Wildman–Crippen LogP) is 0.0914. The fourth-order valence-corrected chi connectivity index (χ4v) is 1.22. The van der Waals surface area contributed by atoms with Crippen LogP contribution in [0.25, 0.3) is 0 Å². The summed E-state index contributed by atoms with van der Waals surface area (Å²) in [5, 5.41) is 3.10. The molecule has 0 bridgehead atoms. The lowest BCUT2D eigenvalue weighted by molar-refractivity contribution is 0.582. The van der Waals surface area contributed by atoms with E-state index in [-0.39, 0.29) is 0 Å². The summed E-state index contributed by atoms with van der Waals surface area (Å²) in [5.74, 6) is 0. The van der Waals surface area contributed by atoms with Crippen LogP contribution in [0.4, 0.5) is 0 Å². The number of hydrogen-bond acceptors (Lipinski definition) is 3. The minimum atomic E-state index is -3.04. The van der Waals surface area contributed by atoms with E-state index >= 15 is 0 Å². The molecule has 0 atom stereocenters. The second-order valence-corrected chi connectivity index (χ2v) is 4.96. The Balaban J connectivity index is 3.23. The van der Waals surface area contributed by atoms with Crippen molar-refractivity contribution in [1.82, 2.24) is 10.0 Å². The molecule has 13 heavy (non-hydrogen) atoms. The Kier molecular flexibility index (Phi) is 5.94. The van der Waals surface area contributed by atoms with E-state index in [0.717, 1.165) is 24.8 Å². The highest BCUT2D eigenvalue weighted by atomic mass is 32.2. The zero-order chi connectivity index (χ0) is 10.3. The first-order valence-electron chi connectivity index (χ1n) is 4.21. The first-order chi connectivity index (χ1) is 5.92. The van der Waals surface area contributed by atoms with E-state index < -0.39 is 10.0 Å². The standard InChI is InChI=1S/C8H18N2O2S/c1-8(2)4-5-9-6-7-10-13(3,11)12/h9-10H,1,4-7H2,2-3H3. The topological polar surface area (TPSA) is 58.2 Å². The van der Waals surface area contributed by atoms with Crippen LogP contribution in [0, 0.1) is 0 Å². The van der Waals surface area contributed by atoms with Crippen LogP contribution in [0.5, 0.6) is 0 Å². The quantitative estimate of drug-likeness (QED) is 0.458. The van der Waals surface area contributed by atoms with Crippen molar-refractivity contribution in [3.63, 3.8) is 0 Å². The maximum atomic E-state index is 10.6. The number of nitrogens with one attached hydrogen (secondary N) is 2. The second-order valence-electron chi connectivity index (χ2n) is 3.12. The smallest absolute Gasteiger partial charge is 0.208 e. The summed E-state index contributed by atoms with van der Waals surface area (Å²) in [4.78, 5) is 0. The van der Waals surface area contributed by atoms with Crippen LogP contribution in [-0.4, -0.2) is 34.3 Å². The summed E-state index contributed by atoms with van der Waals surface area (Å²) in [6.45, 7) is 7.67. The average Bonchev–Trinajstić information content (AvgIpc) is 1.93.